The van der Waals surface area contributed by atoms with Gasteiger partial charge in [-0.2, -0.15) is 13.2 Å². The van der Waals surface area contributed by atoms with Gasteiger partial charge in [0.1, 0.15) is 12.1 Å². The highest BCUT2D eigenvalue weighted by molar-refractivity contribution is 7.99. The van der Waals surface area contributed by atoms with Gasteiger partial charge in [-0.3, -0.25) is 9.52 Å². The molecular formula is C33H31F3N6O3S2. The summed E-state index contributed by atoms with van der Waals surface area (Å²) >= 11 is 1.37. The number of pyridine rings is 1. The summed E-state index contributed by atoms with van der Waals surface area (Å²) in [7, 11) is -3.44. The van der Waals surface area contributed by atoms with Crippen LogP contribution in [0.3, 0.4) is 0 Å². The molecule has 1 atom stereocenters. The minimum absolute atomic E-state index is 0.196. The number of nitrogens with zero attached hydrogens (tertiary/aromatic N) is 3. The van der Waals surface area contributed by atoms with Crippen LogP contribution in [-0.2, 0) is 16.2 Å². The molecule has 0 fully saturated rings. The van der Waals surface area contributed by atoms with E-state index in [9.17, 15) is 26.4 Å². The van der Waals surface area contributed by atoms with Crippen LogP contribution in [0.2, 0.25) is 0 Å². The fourth-order valence-electron chi connectivity index (χ4n) is 4.64. The lowest BCUT2D eigenvalue weighted by molar-refractivity contribution is -0.137. The minimum atomic E-state index is -4.50. The first-order valence-corrected chi connectivity index (χ1v) is 17.1. The highest BCUT2D eigenvalue weighted by Crippen LogP contribution is 2.37. The van der Waals surface area contributed by atoms with Gasteiger partial charge < -0.3 is 10.6 Å². The summed E-state index contributed by atoms with van der Waals surface area (Å²) in [5, 5.41) is 6.78. The average Bonchev–Trinajstić information content (AvgIpc) is 3.01. The largest absolute Gasteiger partial charge is 0.416 e. The SMILES string of the molecule is CC(C)c1ccc2c(Nc3cc(C(=O)NC(C)c4cccc(C(F)(F)F)c4)ccc3Sc3ccc(NS(C)(=O)=O)cc3)ncnc2n1. The van der Waals surface area contributed by atoms with Crippen LogP contribution >= 0.6 is 11.8 Å². The number of hydrogen-bond acceptors (Lipinski definition) is 8. The zero-order valence-corrected chi connectivity index (χ0v) is 27.4. The van der Waals surface area contributed by atoms with Crippen molar-refractivity contribution < 1.29 is 26.4 Å². The Morgan fingerprint density at radius 1 is 0.915 bits per heavy atom. The molecular weight excluding hydrogens is 650 g/mol. The first-order chi connectivity index (χ1) is 22.2. The lowest BCUT2D eigenvalue weighted by Crippen LogP contribution is -2.27. The van der Waals surface area contributed by atoms with Crippen molar-refractivity contribution >= 4 is 55.9 Å². The van der Waals surface area contributed by atoms with Crippen molar-refractivity contribution in [3.05, 3.63) is 108 Å². The van der Waals surface area contributed by atoms with Gasteiger partial charge in [-0.15, -0.1) is 0 Å². The molecule has 3 N–H and O–H groups in total. The predicted molar refractivity (Wildman–Crippen MR) is 178 cm³/mol. The fraction of sp³-hybridized carbons (Fsp3) is 0.212. The molecule has 0 aliphatic rings. The van der Waals surface area contributed by atoms with E-state index in [1.807, 2.05) is 26.0 Å². The predicted octanol–water partition coefficient (Wildman–Crippen LogP) is 7.92. The van der Waals surface area contributed by atoms with Crippen molar-refractivity contribution in [2.75, 3.05) is 16.3 Å². The number of rotatable bonds is 10. The molecule has 3 aromatic carbocycles. The molecule has 0 spiro atoms. The monoisotopic (exact) mass is 680 g/mol. The number of alkyl halides is 3. The number of hydrogen-bond donors (Lipinski definition) is 3. The number of carbonyl (C=O) groups excluding carboxylic acids is 1. The van der Waals surface area contributed by atoms with Gasteiger partial charge in [0.05, 0.1) is 28.9 Å². The van der Waals surface area contributed by atoms with E-state index in [1.54, 1.807) is 49.4 Å². The van der Waals surface area contributed by atoms with Crippen LogP contribution < -0.4 is 15.4 Å². The quantitative estimate of drug-likeness (QED) is 0.136. The number of sulfonamides is 1. The lowest BCUT2D eigenvalue weighted by Gasteiger charge is -2.18. The third-order valence-corrected chi connectivity index (χ3v) is 8.74. The average molecular weight is 681 g/mol. The standard InChI is InChI=1S/C33H31F3N6O3S2/c1-19(2)27-14-13-26-30(40-27)37-18-38-31(26)41-28-17-22(32(43)39-20(3)21-6-5-7-23(16-21)33(34,35)36)8-15-29(28)46-25-11-9-24(10-12-25)42-47(4,44)45/h5-20,42H,1-4H3,(H,39,43)(H,37,38,40,41). The van der Waals surface area contributed by atoms with Gasteiger partial charge >= 0.3 is 6.18 Å². The Morgan fingerprint density at radius 3 is 2.34 bits per heavy atom. The van der Waals surface area contributed by atoms with Gasteiger partial charge in [0.2, 0.25) is 10.0 Å². The number of fused-ring (bicyclic) bond motifs is 1. The number of aromatic nitrogens is 3. The topological polar surface area (TPSA) is 126 Å². The van der Waals surface area contributed by atoms with Crippen LogP contribution in [0.1, 0.15) is 59.9 Å². The van der Waals surface area contributed by atoms with E-state index < -0.39 is 33.7 Å². The molecule has 1 amide bonds. The van der Waals surface area contributed by atoms with Gasteiger partial charge in [-0.25, -0.2) is 23.4 Å². The second-order valence-corrected chi connectivity index (χ2v) is 14.0. The summed E-state index contributed by atoms with van der Waals surface area (Å²) in [6.07, 6.45) is -2.04. The molecule has 0 bridgehead atoms. The molecule has 0 aliphatic heterocycles. The molecule has 1 unspecified atom stereocenters. The third-order valence-electron chi connectivity index (χ3n) is 7.05. The van der Waals surface area contributed by atoms with Crippen molar-refractivity contribution in [2.45, 2.75) is 48.7 Å². The lowest BCUT2D eigenvalue weighted by atomic mass is 10.0. The van der Waals surface area contributed by atoms with E-state index in [0.717, 1.165) is 33.9 Å². The van der Waals surface area contributed by atoms with Gasteiger partial charge in [-0.1, -0.05) is 37.7 Å². The van der Waals surface area contributed by atoms with E-state index >= 15 is 0 Å². The van der Waals surface area contributed by atoms with Crippen molar-refractivity contribution in [3.63, 3.8) is 0 Å². The molecule has 14 heteroatoms. The van der Waals surface area contributed by atoms with Gasteiger partial charge in [0, 0.05) is 26.7 Å². The molecule has 9 nitrogen and oxygen atoms in total. The minimum Gasteiger partial charge on any atom is -0.346 e. The maximum absolute atomic E-state index is 13.4. The van der Waals surface area contributed by atoms with Crippen LogP contribution in [-0.4, -0.2) is 35.5 Å². The second-order valence-electron chi connectivity index (χ2n) is 11.1. The van der Waals surface area contributed by atoms with Crippen molar-refractivity contribution in [1.82, 2.24) is 20.3 Å². The van der Waals surface area contributed by atoms with Crippen LogP contribution in [0.25, 0.3) is 11.0 Å². The summed E-state index contributed by atoms with van der Waals surface area (Å²) in [4.78, 5) is 28.3. The first-order valence-electron chi connectivity index (χ1n) is 14.4. The zero-order chi connectivity index (χ0) is 33.9. The van der Waals surface area contributed by atoms with Gasteiger partial charge in [0.25, 0.3) is 5.91 Å². The van der Waals surface area contributed by atoms with Gasteiger partial charge in [0.15, 0.2) is 5.65 Å². The number of carbonyl (C=O) groups is 1. The number of benzene rings is 3. The van der Waals surface area contributed by atoms with E-state index in [1.165, 1.54) is 30.2 Å². The zero-order valence-electron chi connectivity index (χ0n) is 25.8. The summed E-state index contributed by atoms with van der Waals surface area (Å²) in [6.45, 7) is 5.68. The molecule has 0 aliphatic carbocycles. The Bertz CT molecular complexity index is 2040. The van der Waals surface area contributed by atoms with E-state index in [4.69, 9.17) is 0 Å². The summed E-state index contributed by atoms with van der Waals surface area (Å²) in [6, 6.07) is 19.7. The van der Waals surface area contributed by atoms with E-state index in [2.05, 4.69) is 30.3 Å². The molecule has 244 valence electrons. The molecule has 5 rings (SSSR count). The third kappa shape index (κ3) is 8.57. The smallest absolute Gasteiger partial charge is 0.346 e. The van der Waals surface area contributed by atoms with Crippen LogP contribution in [0.5, 0.6) is 0 Å². The second kappa shape index (κ2) is 13.6. The highest BCUT2D eigenvalue weighted by Gasteiger charge is 2.31. The number of halogens is 3. The molecule has 0 radical (unpaired) electrons. The number of nitrogens with one attached hydrogen (secondary N) is 3. The van der Waals surface area contributed by atoms with Gasteiger partial charge in [-0.05, 0) is 85.1 Å². The molecule has 0 saturated carbocycles. The van der Waals surface area contributed by atoms with E-state index in [0.29, 0.717) is 33.8 Å². The Balaban J connectivity index is 1.47. The first kappa shape index (κ1) is 33.7. The molecule has 2 heterocycles. The Kier molecular flexibility index (Phi) is 9.73. The molecule has 47 heavy (non-hydrogen) atoms. The molecule has 0 saturated heterocycles. The maximum atomic E-state index is 13.4. The fourth-order valence-corrected chi connectivity index (χ4v) is 6.09. The summed E-state index contributed by atoms with van der Waals surface area (Å²) < 4.78 is 65.5. The molecule has 2 aromatic heterocycles. The Hall–Kier alpha value is -4.69. The Morgan fingerprint density at radius 2 is 1.66 bits per heavy atom. The Labute approximate surface area is 274 Å². The van der Waals surface area contributed by atoms with E-state index in [-0.39, 0.29) is 11.5 Å². The maximum Gasteiger partial charge on any atom is 0.416 e. The number of anilines is 3. The van der Waals surface area contributed by atoms with Crippen molar-refractivity contribution in [2.24, 2.45) is 0 Å². The molecule has 5 aromatic rings. The van der Waals surface area contributed by atoms with Crippen LogP contribution in [0, 0.1) is 0 Å². The van der Waals surface area contributed by atoms with Crippen LogP contribution in [0.4, 0.5) is 30.4 Å². The van der Waals surface area contributed by atoms with Crippen molar-refractivity contribution in [1.29, 1.82) is 0 Å². The van der Waals surface area contributed by atoms with Crippen molar-refractivity contribution in [3.8, 4) is 0 Å². The summed E-state index contributed by atoms with van der Waals surface area (Å²) in [5.41, 5.74) is 2.10. The highest BCUT2D eigenvalue weighted by atomic mass is 32.2. The summed E-state index contributed by atoms with van der Waals surface area (Å²) in [5.74, 6) is 0.171. The van der Waals surface area contributed by atoms with Crippen LogP contribution in [0.15, 0.2) is 95.0 Å². The normalized spacial score (nSPS) is 12.6. The number of amides is 1.